The molecule has 1 aliphatic heterocycles. The summed E-state index contributed by atoms with van der Waals surface area (Å²) in [6.07, 6.45) is 3.06. The maximum absolute atomic E-state index is 11.4. The predicted molar refractivity (Wildman–Crippen MR) is 56.4 cm³/mol. The molecule has 1 aromatic rings. The molecule has 0 aliphatic carbocycles. The molecule has 0 aromatic carbocycles. The molecular formula is C11H16N2O2. The molecule has 2 rings (SSSR count). The summed E-state index contributed by atoms with van der Waals surface area (Å²) >= 11 is 0. The molecule has 2 N–H and O–H groups in total. The van der Waals surface area contributed by atoms with E-state index < -0.39 is 0 Å². The van der Waals surface area contributed by atoms with E-state index in [9.17, 15) is 4.79 Å². The van der Waals surface area contributed by atoms with Crippen molar-refractivity contribution in [2.75, 3.05) is 19.6 Å². The van der Waals surface area contributed by atoms with Gasteiger partial charge in [0.1, 0.15) is 5.76 Å². The molecule has 0 saturated carbocycles. The first-order valence-electron chi connectivity index (χ1n) is 5.34. The molecule has 4 heteroatoms. The molecular weight excluding hydrogens is 192 g/mol. The summed E-state index contributed by atoms with van der Waals surface area (Å²) in [4.78, 5) is 11.4. The van der Waals surface area contributed by atoms with E-state index in [4.69, 9.17) is 4.42 Å². The maximum Gasteiger partial charge on any atom is 0.220 e. The van der Waals surface area contributed by atoms with Gasteiger partial charge in [0.05, 0.1) is 6.26 Å². The molecule has 0 unspecified atom stereocenters. The van der Waals surface area contributed by atoms with E-state index in [1.54, 1.807) is 6.26 Å². The van der Waals surface area contributed by atoms with Gasteiger partial charge < -0.3 is 15.1 Å². The molecule has 2 heterocycles. The Morgan fingerprint density at radius 2 is 2.47 bits per heavy atom. The highest BCUT2D eigenvalue weighted by Crippen LogP contribution is 2.07. The van der Waals surface area contributed by atoms with Crippen molar-refractivity contribution in [1.29, 1.82) is 0 Å². The van der Waals surface area contributed by atoms with E-state index in [2.05, 4.69) is 10.6 Å². The lowest BCUT2D eigenvalue weighted by molar-refractivity contribution is -0.122. The van der Waals surface area contributed by atoms with Crippen molar-refractivity contribution in [1.82, 2.24) is 10.6 Å². The standard InChI is InChI=1S/C11H16N2O2/c14-11(6-9-7-12-8-9)13-4-3-10-2-1-5-15-10/h1-2,5,9,12H,3-4,6-8H2,(H,13,14). The van der Waals surface area contributed by atoms with Gasteiger partial charge in [-0.15, -0.1) is 0 Å². The Kier molecular flexibility index (Phi) is 3.40. The number of carbonyl (C=O) groups excluding carboxylic acids is 1. The number of hydrogen-bond acceptors (Lipinski definition) is 3. The van der Waals surface area contributed by atoms with Crippen molar-refractivity contribution in [2.45, 2.75) is 12.8 Å². The minimum atomic E-state index is 0.146. The summed E-state index contributed by atoms with van der Waals surface area (Å²) in [6, 6.07) is 3.78. The van der Waals surface area contributed by atoms with Crippen LogP contribution in [0.1, 0.15) is 12.2 Å². The average Bonchev–Trinajstić information content (AvgIpc) is 2.64. The molecule has 0 radical (unpaired) electrons. The second-order valence-electron chi connectivity index (χ2n) is 3.91. The molecule has 4 nitrogen and oxygen atoms in total. The van der Waals surface area contributed by atoms with Gasteiger partial charge in [0.25, 0.3) is 0 Å². The Labute approximate surface area is 89.0 Å². The van der Waals surface area contributed by atoms with E-state index >= 15 is 0 Å². The maximum atomic E-state index is 11.4. The second-order valence-corrected chi connectivity index (χ2v) is 3.91. The zero-order chi connectivity index (χ0) is 10.5. The molecule has 0 atom stereocenters. The summed E-state index contributed by atoms with van der Waals surface area (Å²) < 4.78 is 5.17. The fourth-order valence-corrected chi connectivity index (χ4v) is 1.61. The lowest BCUT2D eigenvalue weighted by Crippen LogP contribution is -2.44. The molecule has 1 saturated heterocycles. The van der Waals surface area contributed by atoms with Gasteiger partial charge in [-0.3, -0.25) is 4.79 Å². The van der Waals surface area contributed by atoms with Crippen LogP contribution in [-0.4, -0.2) is 25.5 Å². The zero-order valence-corrected chi connectivity index (χ0v) is 8.66. The Morgan fingerprint density at radius 3 is 3.07 bits per heavy atom. The van der Waals surface area contributed by atoms with Gasteiger partial charge in [-0.05, 0) is 31.1 Å². The van der Waals surface area contributed by atoms with Crippen LogP contribution < -0.4 is 10.6 Å². The van der Waals surface area contributed by atoms with Crippen LogP contribution in [0.25, 0.3) is 0 Å². The van der Waals surface area contributed by atoms with Crippen LogP contribution in [0.4, 0.5) is 0 Å². The van der Waals surface area contributed by atoms with Crippen LogP contribution >= 0.6 is 0 Å². The third-order valence-corrected chi connectivity index (χ3v) is 2.61. The van der Waals surface area contributed by atoms with Crippen molar-refractivity contribution >= 4 is 5.91 Å². The first-order chi connectivity index (χ1) is 7.34. The lowest BCUT2D eigenvalue weighted by atomic mass is 9.99. The fraction of sp³-hybridized carbons (Fsp3) is 0.545. The van der Waals surface area contributed by atoms with E-state index in [0.29, 0.717) is 18.9 Å². The van der Waals surface area contributed by atoms with Gasteiger partial charge in [-0.25, -0.2) is 0 Å². The summed E-state index contributed by atoms with van der Waals surface area (Å²) in [5.74, 6) is 1.60. The summed E-state index contributed by atoms with van der Waals surface area (Å²) in [5.41, 5.74) is 0. The summed E-state index contributed by atoms with van der Waals surface area (Å²) in [7, 11) is 0. The van der Waals surface area contributed by atoms with E-state index in [-0.39, 0.29) is 5.91 Å². The van der Waals surface area contributed by atoms with Crippen molar-refractivity contribution in [3.8, 4) is 0 Å². The van der Waals surface area contributed by atoms with Crippen LogP contribution in [0.5, 0.6) is 0 Å². The van der Waals surface area contributed by atoms with Gasteiger partial charge in [-0.2, -0.15) is 0 Å². The van der Waals surface area contributed by atoms with Crippen molar-refractivity contribution < 1.29 is 9.21 Å². The van der Waals surface area contributed by atoms with E-state index in [0.717, 1.165) is 25.3 Å². The first kappa shape index (κ1) is 10.2. The molecule has 1 aliphatic rings. The van der Waals surface area contributed by atoms with Gasteiger partial charge in [-0.1, -0.05) is 0 Å². The predicted octanol–water partition coefficient (Wildman–Crippen LogP) is 0.548. The molecule has 0 spiro atoms. The topological polar surface area (TPSA) is 54.3 Å². The average molecular weight is 208 g/mol. The number of nitrogens with one attached hydrogen (secondary N) is 2. The smallest absolute Gasteiger partial charge is 0.220 e. The highest BCUT2D eigenvalue weighted by Gasteiger charge is 2.19. The third-order valence-electron chi connectivity index (χ3n) is 2.61. The third kappa shape index (κ3) is 3.09. The summed E-state index contributed by atoms with van der Waals surface area (Å²) in [5, 5.41) is 6.04. The minimum Gasteiger partial charge on any atom is -0.469 e. The van der Waals surface area contributed by atoms with Gasteiger partial charge >= 0.3 is 0 Å². The fourth-order valence-electron chi connectivity index (χ4n) is 1.61. The second kappa shape index (κ2) is 4.98. The Balaban J connectivity index is 1.58. The van der Waals surface area contributed by atoms with Crippen LogP contribution in [0, 0.1) is 5.92 Å². The number of rotatable bonds is 5. The number of amides is 1. The van der Waals surface area contributed by atoms with Crippen molar-refractivity contribution in [3.05, 3.63) is 24.2 Å². The normalized spacial score (nSPS) is 16.0. The van der Waals surface area contributed by atoms with Crippen molar-refractivity contribution in [2.24, 2.45) is 5.92 Å². The molecule has 0 bridgehead atoms. The summed E-state index contributed by atoms with van der Waals surface area (Å²) in [6.45, 7) is 2.61. The van der Waals surface area contributed by atoms with Gasteiger partial charge in [0, 0.05) is 19.4 Å². The molecule has 1 amide bonds. The number of hydrogen-bond donors (Lipinski definition) is 2. The van der Waals surface area contributed by atoms with Crippen LogP contribution in [-0.2, 0) is 11.2 Å². The lowest BCUT2D eigenvalue weighted by Gasteiger charge is -2.26. The highest BCUT2D eigenvalue weighted by atomic mass is 16.3. The Morgan fingerprint density at radius 1 is 1.60 bits per heavy atom. The van der Waals surface area contributed by atoms with Crippen LogP contribution in [0.15, 0.2) is 22.8 Å². The molecule has 1 fully saturated rings. The van der Waals surface area contributed by atoms with Gasteiger partial charge in [0.2, 0.25) is 5.91 Å². The van der Waals surface area contributed by atoms with E-state index in [1.165, 1.54) is 0 Å². The Hall–Kier alpha value is -1.29. The SMILES string of the molecule is O=C(CC1CNC1)NCCc1ccco1. The zero-order valence-electron chi connectivity index (χ0n) is 8.66. The molecule has 15 heavy (non-hydrogen) atoms. The monoisotopic (exact) mass is 208 g/mol. The Bertz CT molecular complexity index is 304. The largest absolute Gasteiger partial charge is 0.469 e. The van der Waals surface area contributed by atoms with Crippen LogP contribution in [0.2, 0.25) is 0 Å². The van der Waals surface area contributed by atoms with Crippen molar-refractivity contribution in [3.63, 3.8) is 0 Å². The van der Waals surface area contributed by atoms with Gasteiger partial charge in [0.15, 0.2) is 0 Å². The minimum absolute atomic E-state index is 0.146. The number of carbonyl (C=O) groups is 1. The van der Waals surface area contributed by atoms with Crippen LogP contribution in [0.3, 0.4) is 0 Å². The molecule has 1 aromatic heterocycles. The number of furan rings is 1. The quantitative estimate of drug-likeness (QED) is 0.743. The highest BCUT2D eigenvalue weighted by molar-refractivity contribution is 5.76. The molecule has 82 valence electrons. The first-order valence-corrected chi connectivity index (χ1v) is 5.34. The van der Waals surface area contributed by atoms with E-state index in [1.807, 2.05) is 12.1 Å².